The van der Waals surface area contributed by atoms with Crippen molar-refractivity contribution in [1.29, 1.82) is 0 Å². The Labute approximate surface area is 60.8 Å². The van der Waals surface area contributed by atoms with Gasteiger partial charge in [-0.3, -0.25) is 0 Å². The Balaban J connectivity index is 2.75. The zero-order valence-electron chi connectivity index (χ0n) is 5.64. The van der Waals surface area contributed by atoms with Gasteiger partial charge in [0.2, 0.25) is 0 Å². The second-order valence-electron chi connectivity index (χ2n) is 1.87. The van der Waals surface area contributed by atoms with E-state index in [0.717, 1.165) is 12.8 Å². The first kappa shape index (κ1) is 9.21. The minimum absolute atomic E-state index is 0.602. The van der Waals surface area contributed by atoms with E-state index in [1.165, 1.54) is 0 Å². The summed E-state index contributed by atoms with van der Waals surface area (Å²) >= 11 is 5.40. The maximum absolute atomic E-state index is 8.60. The van der Waals surface area contributed by atoms with E-state index in [1.807, 2.05) is 0 Å². The Kier molecular flexibility index (Phi) is 6.48. The van der Waals surface area contributed by atoms with Gasteiger partial charge in [-0.25, -0.2) is 0 Å². The molecule has 0 rings (SSSR count). The van der Waals surface area contributed by atoms with Crippen molar-refractivity contribution in [3.63, 3.8) is 0 Å². The summed E-state index contributed by atoms with van der Waals surface area (Å²) in [6.07, 6.45) is 1.24. The van der Waals surface area contributed by atoms with Crippen LogP contribution in [0.25, 0.3) is 0 Å². The van der Waals surface area contributed by atoms with Crippen molar-refractivity contribution < 1.29 is 9.84 Å². The molecule has 9 heavy (non-hydrogen) atoms. The normalized spacial score (nSPS) is 13.7. The van der Waals surface area contributed by atoms with Crippen LogP contribution in [-0.4, -0.2) is 23.9 Å². The van der Waals surface area contributed by atoms with Gasteiger partial charge < -0.3 is 9.84 Å². The number of rotatable bonds is 5. The van der Waals surface area contributed by atoms with Gasteiger partial charge in [0.25, 0.3) is 0 Å². The van der Waals surface area contributed by atoms with Crippen molar-refractivity contribution in [1.82, 2.24) is 0 Å². The smallest absolute Gasteiger partial charge is 0.151 e. The van der Waals surface area contributed by atoms with Crippen LogP contribution in [0.3, 0.4) is 0 Å². The summed E-state index contributed by atoms with van der Waals surface area (Å²) in [6.45, 7) is 2.20. The molecule has 0 aliphatic carbocycles. The summed E-state index contributed by atoms with van der Waals surface area (Å²) in [7, 11) is 0. The van der Waals surface area contributed by atoms with Gasteiger partial charge in [-0.15, -0.1) is 11.6 Å². The van der Waals surface area contributed by atoms with E-state index in [-0.39, 0.29) is 0 Å². The van der Waals surface area contributed by atoms with E-state index >= 15 is 0 Å². The molecule has 0 saturated heterocycles. The average molecular weight is 153 g/mol. The molecule has 0 radical (unpaired) electrons. The lowest BCUT2D eigenvalue weighted by molar-refractivity contribution is -0.0856. The van der Waals surface area contributed by atoms with Crippen molar-refractivity contribution in [3.8, 4) is 0 Å². The largest absolute Gasteiger partial charge is 0.368 e. The molecule has 0 aromatic heterocycles. The Bertz CT molecular complexity index is 57.0. The van der Waals surface area contributed by atoms with Gasteiger partial charge in [-0.1, -0.05) is 0 Å². The topological polar surface area (TPSA) is 29.5 Å². The highest BCUT2D eigenvalue weighted by Crippen LogP contribution is 1.93. The van der Waals surface area contributed by atoms with Crippen molar-refractivity contribution in [2.75, 3.05) is 12.5 Å². The molecule has 0 spiro atoms. The third kappa shape index (κ3) is 8.21. The molecule has 1 N–H and O–H groups in total. The lowest BCUT2D eigenvalue weighted by atomic mass is 10.4. The van der Waals surface area contributed by atoms with E-state index in [2.05, 4.69) is 0 Å². The molecule has 0 aliphatic heterocycles. The van der Waals surface area contributed by atoms with E-state index in [0.29, 0.717) is 12.5 Å². The van der Waals surface area contributed by atoms with Gasteiger partial charge in [0.1, 0.15) is 0 Å². The highest BCUT2D eigenvalue weighted by molar-refractivity contribution is 6.17. The number of halogens is 1. The molecule has 0 amide bonds. The second-order valence-corrected chi connectivity index (χ2v) is 2.24. The van der Waals surface area contributed by atoms with Crippen LogP contribution in [0.4, 0.5) is 0 Å². The van der Waals surface area contributed by atoms with Crippen LogP contribution in [0.1, 0.15) is 19.8 Å². The number of hydrogen-bond donors (Lipinski definition) is 1. The number of alkyl halides is 1. The fourth-order valence-electron chi connectivity index (χ4n) is 0.450. The Morgan fingerprint density at radius 1 is 1.56 bits per heavy atom. The predicted octanol–water partition coefficient (Wildman–Crippen LogP) is 1.36. The van der Waals surface area contributed by atoms with Crippen LogP contribution in [0, 0.1) is 0 Å². The fourth-order valence-corrected chi connectivity index (χ4v) is 0.639. The average Bonchev–Trinajstić information content (AvgIpc) is 1.80. The van der Waals surface area contributed by atoms with Crippen LogP contribution in [0.15, 0.2) is 0 Å². The van der Waals surface area contributed by atoms with Gasteiger partial charge in [0, 0.05) is 12.5 Å². The predicted molar refractivity (Wildman–Crippen MR) is 37.6 cm³/mol. The molecule has 0 saturated carbocycles. The molecule has 0 aromatic rings. The summed E-state index contributed by atoms with van der Waals surface area (Å²) in [6, 6.07) is 0. The standard InChI is InChI=1S/C6H13ClO2/c1-6(8)9-5-3-2-4-7/h6,8H,2-5H2,1H3. The zero-order valence-corrected chi connectivity index (χ0v) is 6.40. The van der Waals surface area contributed by atoms with E-state index < -0.39 is 6.29 Å². The van der Waals surface area contributed by atoms with E-state index in [9.17, 15) is 0 Å². The first-order valence-corrected chi connectivity index (χ1v) is 3.66. The third-order valence-corrected chi connectivity index (χ3v) is 1.15. The summed E-state index contributed by atoms with van der Waals surface area (Å²) in [4.78, 5) is 0. The number of unbranched alkanes of at least 4 members (excludes halogenated alkanes) is 1. The second kappa shape index (κ2) is 6.33. The van der Waals surface area contributed by atoms with Crippen LogP contribution < -0.4 is 0 Å². The highest BCUT2D eigenvalue weighted by Gasteiger charge is 1.92. The lowest BCUT2D eigenvalue weighted by Gasteiger charge is -2.04. The summed E-state index contributed by atoms with van der Waals surface area (Å²) in [5, 5.41) is 8.60. The lowest BCUT2D eigenvalue weighted by Crippen LogP contribution is -2.07. The molecule has 1 atom stereocenters. The molecular formula is C6H13ClO2. The molecule has 0 aliphatic rings. The summed E-state index contributed by atoms with van der Waals surface area (Å²) < 4.78 is 4.84. The Hall–Kier alpha value is 0.210. The van der Waals surface area contributed by atoms with Crippen LogP contribution in [0.2, 0.25) is 0 Å². The summed E-state index contributed by atoms with van der Waals surface area (Å²) in [5.74, 6) is 0.670. The molecule has 0 fully saturated rings. The van der Waals surface area contributed by atoms with Gasteiger partial charge in [-0.05, 0) is 19.8 Å². The molecule has 0 aromatic carbocycles. The number of ether oxygens (including phenoxy) is 1. The van der Waals surface area contributed by atoms with Gasteiger partial charge >= 0.3 is 0 Å². The number of aliphatic hydroxyl groups is 1. The molecular weight excluding hydrogens is 140 g/mol. The minimum Gasteiger partial charge on any atom is -0.368 e. The van der Waals surface area contributed by atoms with E-state index in [4.69, 9.17) is 21.4 Å². The van der Waals surface area contributed by atoms with Gasteiger partial charge in [0.05, 0.1) is 0 Å². The molecule has 0 heterocycles. The number of hydrogen-bond acceptors (Lipinski definition) is 2. The summed E-state index contributed by atoms with van der Waals surface area (Å²) in [5.41, 5.74) is 0. The molecule has 2 nitrogen and oxygen atoms in total. The van der Waals surface area contributed by atoms with Crippen LogP contribution >= 0.6 is 11.6 Å². The zero-order chi connectivity index (χ0) is 7.11. The van der Waals surface area contributed by atoms with Crippen molar-refractivity contribution >= 4 is 11.6 Å². The quantitative estimate of drug-likeness (QED) is 0.366. The maximum atomic E-state index is 8.60. The Morgan fingerprint density at radius 3 is 2.67 bits per heavy atom. The van der Waals surface area contributed by atoms with Crippen LogP contribution in [-0.2, 0) is 4.74 Å². The van der Waals surface area contributed by atoms with E-state index in [1.54, 1.807) is 6.92 Å². The maximum Gasteiger partial charge on any atom is 0.151 e. The minimum atomic E-state index is -0.639. The molecule has 1 unspecified atom stereocenters. The van der Waals surface area contributed by atoms with Crippen molar-refractivity contribution in [3.05, 3.63) is 0 Å². The highest BCUT2D eigenvalue weighted by atomic mass is 35.5. The third-order valence-electron chi connectivity index (χ3n) is 0.887. The van der Waals surface area contributed by atoms with Crippen LogP contribution in [0.5, 0.6) is 0 Å². The monoisotopic (exact) mass is 152 g/mol. The van der Waals surface area contributed by atoms with Gasteiger partial charge in [0.15, 0.2) is 6.29 Å². The first-order chi connectivity index (χ1) is 4.27. The van der Waals surface area contributed by atoms with Crippen molar-refractivity contribution in [2.45, 2.75) is 26.1 Å². The first-order valence-electron chi connectivity index (χ1n) is 3.13. The molecule has 56 valence electrons. The molecule has 0 bridgehead atoms. The molecule has 3 heteroatoms. The van der Waals surface area contributed by atoms with Crippen molar-refractivity contribution in [2.24, 2.45) is 0 Å². The Morgan fingerprint density at radius 2 is 2.22 bits per heavy atom. The number of aliphatic hydroxyl groups excluding tert-OH is 1. The SMILES string of the molecule is CC(O)OCCCCCl. The fraction of sp³-hybridized carbons (Fsp3) is 1.00. The van der Waals surface area contributed by atoms with Gasteiger partial charge in [-0.2, -0.15) is 0 Å².